The number of carbonyl (C=O) groups is 1. The Morgan fingerprint density at radius 3 is 2.37 bits per heavy atom. The van der Waals surface area contributed by atoms with Crippen LogP contribution in [0.5, 0.6) is 0 Å². The topological polar surface area (TPSA) is 96.3 Å². The van der Waals surface area contributed by atoms with Crippen molar-refractivity contribution in [3.05, 3.63) is 55.6 Å². The van der Waals surface area contributed by atoms with Crippen molar-refractivity contribution >= 4 is 29.6 Å². The second-order valence-corrected chi connectivity index (χ2v) is 7.02. The van der Waals surface area contributed by atoms with Crippen molar-refractivity contribution < 1.29 is 27.1 Å². The molecule has 7 nitrogen and oxygen atoms in total. The van der Waals surface area contributed by atoms with Gasteiger partial charge in [-0.2, -0.15) is 13.2 Å². The van der Waals surface area contributed by atoms with Gasteiger partial charge in [-0.05, 0) is 12.1 Å². The molecule has 1 heterocycles. The van der Waals surface area contributed by atoms with Crippen molar-refractivity contribution in [2.75, 3.05) is 19.6 Å². The Morgan fingerprint density at radius 2 is 1.87 bits per heavy atom. The molecule has 1 unspecified atom stereocenters. The lowest BCUT2D eigenvalue weighted by atomic mass is 10.3. The average Bonchev–Trinajstić information content (AvgIpc) is 2.68. The van der Waals surface area contributed by atoms with Crippen LogP contribution in [-0.4, -0.2) is 34.5 Å². The third-order valence-corrected chi connectivity index (χ3v) is 5.00. The van der Waals surface area contributed by atoms with Crippen LogP contribution in [0.1, 0.15) is 19.5 Å². The molecule has 166 valence electrons. The van der Waals surface area contributed by atoms with Crippen LogP contribution in [0.25, 0.3) is 5.69 Å². The van der Waals surface area contributed by atoms with Crippen LogP contribution in [0.4, 0.5) is 17.6 Å². The predicted molar refractivity (Wildman–Crippen MR) is 105 cm³/mol. The Balaban J connectivity index is 0.00000218. The van der Waals surface area contributed by atoms with Gasteiger partial charge >= 0.3 is 11.9 Å². The van der Waals surface area contributed by atoms with E-state index in [1.807, 2.05) is 13.8 Å². The van der Waals surface area contributed by atoms with E-state index in [4.69, 9.17) is 22.2 Å². The van der Waals surface area contributed by atoms with Gasteiger partial charge in [-0.15, -0.1) is 11.8 Å². The minimum Gasteiger partial charge on any atom is -0.383 e. The molecule has 2 N–H and O–H groups in total. The molecule has 0 aliphatic heterocycles. The molecular weight excluding hydrogens is 454 g/mol. The van der Waals surface area contributed by atoms with Crippen molar-refractivity contribution in [3.8, 4) is 5.69 Å². The number of thioether (sulfide) groups is 1. The van der Waals surface area contributed by atoms with E-state index in [0.29, 0.717) is 6.29 Å². The zero-order chi connectivity index (χ0) is 23.2. The van der Waals surface area contributed by atoms with E-state index in [-0.39, 0.29) is 31.8 Å². The lowest BCUT2D eigenvalue weighted by Gasteiger charge is -2.15. The van der Waals surface area contributed by atoms with Crippen molar-refractivity contribution in [1.82, 2.24) is 9.24 Å². The fourth-order valence-corrected chi connectivity index (χ4v) is 3.43. The second-order valence-electron chi connectivity index (χ2n) is 5.34. The van der Waals surface area contributed by atoms with Gasteiger partial charge in [0.05, 0.1) is 22.6 Å². The highest BCUT2D eigenvalue weighted by atomic mass is 35.5. The number of carbonyl (C=O) groups excluding carboxylic acids is 1. The Hall–Kier alpha value is -2.31. The summed E-state index contributed by atoms with van der Waals surface area (Å²) < 4.78 is 57.6. The van der Waals surface area contributed by atoms with Gasteiger partial charge in [0.1, 0.15) is 12.1 Å². The number of alkyl halides is 3. The molecule has 1 aromatic heterocycles. The maximum atomic E-state index is 14.4. The zero-order valence-corrected chi connectivity index (χ0v) is 17.6. The normalized spacial score (nSPS) is 12.1. The van der Waals surface area contributed by atoms with Gasteiger partial charge in [0.2, 0.25) is 0 Å². The van der Waals surface area contributed by atoms with Gasteiger partial charge in [0, 0.05) is 18.1 Å². The number of aromatic nitrogens is 2. The molecule has 0 bridgehead atoms. The van der Waals surface area contributed by atoms with Crippen LogP contribution >= 0.6 is 23.4 Å². The zero-order valence-electron chi connectivity index (χ0n) is 16.0. The van der Waals surface area contributed by atoms with Crippen LogP contribution in [-0.2, 0) is 15.7 Å². The van der Waals surface area contributed by atoms with Crippen LogP contribution < -0.4 is 17.1 Å². The number of benzene rings is 1. The molecule has 0 spiro atoms. The van der Waals surface area contributed by atoms with E-state index in [9.17, 15) is 31.9 Å². The van der Waals surface area contributed by atoms with Crippen LogP contribution in [0.2, 0.25) is 5.02 Å². The molecule has 0 aliphatic rings. The Bertz CT molecular complexity index is 1020. The third kappa shape index (κ3) is 5.64. The van der Waals surface area contributed by atoms with E-state index < -0.39 is 39.9 Å². The number of nitrogens with two attached hydrogens (primary N) is 1. The molecular formula is C17H18ClF4N3O4S. The maximum absolute atomic E-state index is 14.4. The van der Waals surface area contributed by atoms with Crippen molar-refractivity contribution in [2.24, 2.45) is 0 Å². The Kier molecular flexibility index (Phi) is 9.12. The van der Waals surface area contributed by atoms with E-state index in [1.54, 1.807) is 0 Å². The second kappa shape index (κ2) is 10.6. The summed E-state index contributed by atoms with van der Waals surface area (Å²) in [6, 6.07) is 1.80. The monoisotopic (exact) mass is 471 g/mol. The molecule has 1 atom stereocenters. The number of ether oxygens (including phenoxy) is 1. The average molecular weight is 472 g/mol. The molecule has 2 aromatic rings. The highest BCUT2D eigenvalue weighted by molar-refractivity contribution is 8.00. The Labute approximate surface area is 177 Å². The van der Waals surface area contributed by atoms with Gasteiger partial charge in [0.15, 0.2) is 5.69 Å². The minimum absolute atomic E-state index is 0.00691. The number of rotatable bonds is 6. The van der Waals surface area contributed by atoms with Crippen LogP contribution in [0.15, 0.2) is 32.7 Å². The highest BCUT2D eigenvalue weighted by Gasteiger charge is 2.36. The van der Waals surface area contributed by atoms with Gasteiger partial charge in [-0.1, -0.05) is 25.4 Å². The van der Waals surface area contributed by atoms with Gasteiger partial charge in [-0.3, -0.25) is 4.79 Å². The lowest BCUT2D eigenvalue weighted by Crippen LogP contribution is -2.45. The molecule has 1 aromatic carbocycles. The summed E-state index contributed by atoms with van der Waals surface area (Å²) in [5.41, 5.74) is -5.42. The van der Waals surface area contributed by atoms with Gasteiger partial charge < -0.3 is 15.4 Å². The smallest absolute Gasteiger partial charge is 0.383 e. The molecule has 2 rings (SSSR count). The molecule has 0 fully saturated rings. The molecule has 13 heteroatoms. The minimum atomic E-state index is -5.07. The maximum Gasteiger partial charge on any atom is 0.433 e. The van der Waals surface area contributed by atoms with Crippen LogP contribution in [0, 0.1) is 5.82 Å². The summed E-state index contributed by atoms with van der Waals surface area (Å²) in [6.07, 6.45) is -4.52. The summed E-state index contributed by atoms with van der Waals surface area (Å²) in [7, 11) is 1.35. The fraction of sp³-hybridized carbons (Fsp3) is 0.353. The predicted octanol–water partition coefficient (Wildman–Crippen LogP) is 2.86. The molecule has 0 saturated heterocycles. The van der Waals surface area contributed by atoms with E-state index in [2.05, 4.69) is 0 Å². The van der Waals surface area contributed by atoms with Gasteiger partial charge in [-0.25, -0.2) is 18.4 Å². The van der Waals surface area contributed by atoms with E-state index >= 15 is 0 Å². The van der Waals surface area contributed by atoms with E-state index in [1.165, 1.54) is 7.11 Å². The number of methoxy groups -OCH3 is 1. The van der Waals surface area contributed by atoms with Crippen LogP contribution in [0.3, 0.4) is 0 Å². The molecule has 0 amide bonds. The summed E-state index contributed by atoms with van der Waals surface area (Å²) >= 11 is 6.78. The molecule has 0 aliphatic carbocycles. The standard InChI is InChI=1S/C15H12ClF4N3O4S.C2H6/c1-27-6-7(5-24)28-11-3-10(9(17)2-8(11)16)22-13(25)4-12(15(18,19)20)23(21)14(22)26;1-2/h2-5,7H,6,21H2,1H3;1-2H3. The van der Waals surface area contributed by atoms with Crippen molar-refractivity contribution in [1.29, 1.82) is 0 Å². The third-order valence-electron chi connectivity index (χ3n) is 3.43. The lowest BCUT2D eigenvalue weighted by molar-refractivity contribution is -0.143. The number of aldehydes is 1. The summed E-state index contributed by atoms with van der Waals surface area (Å²) in [6.45, 7) is 3.99. The molecule has 30 heavy (non-hydrogen) atoms. The number of hydrogen-bond donors (Lipinski definition) is 1. The summed E-state index contributed by atoms with van der Waals surface area (Å²) in [5.74, 6) is 3.99. The van der Waals surface area contributed by atoms with E-state index in [0.717, 1.165) is 23.9 Å². The molecule has 0 saturated carbocycles. The highest BCUT2D eigenvalue weighted by Crippen LogP contribution is 2.33. The number of nitrogens with zero attached hydrogens (tertiary/aromatic N) is 2. The summed E-state index contributed by atoms with van der Waals surface area (Å²) in [5, 5.41) is -0.876. The fourth-order valence-electron chi connectivity index (χ4n) is 2.20. The number of hydrogen-bond acceptors (Lipinski definition) is 6. The number of halogens is 5. The summed E-state index contributed by atoms with van der Waals surface area (Å²) in [4.78, 5) is 35.5. The number of nitrogen functional groups attached to an aromatic ring is 1. The first-order valence-electron chi connectivity index (χ1n) is 8.33. The van der Waals surface area contributed by atoms with Crippen molar-refractivity contribution in [2.45, 2.75) is 30.2 Å². The quantitative estimate of drug-likeness (QED) is 0.301. The Morgan fingerprint density at radius 1 is 1.27 bits per heavy atom. The molecule has 0 radical (unpaired) electrons. The largest absolute Gasteiger partial charge is 0.433 e. The first-order chi connectivity index (χ1) is 14.0. The van der Waals surface area contributed by atoms with Crippen molar-refractivity contribution in [3.63, 3.8) is 0 Å². The first kappa shape index (κ1) is 25.7. The SMILES string of the molecule is CC.COCC(C=O)Sc1cc(-n2c(=O)cc(C(F)(F)F)n(N)c2=O)c(F)cc1Cl. The van der Waals surface area contributed by atoms with Gasteiger partial charge in [0.25, 0.3) is 5.56 Å². The first-order valence-corrected chi connectivity index (χ1v) is 9.58.